The van der Waals surface area contributed by atoms with Gasteiger partial charge in [0.05, 0.1) is 22.0 Å². The third-order valence-electron chi connectivity index (χ3n) is 5.25. The second kappa shape index (κ2) is 7.77. The van der Waals surface area contributed by atoms with Crippen LogP contribution >= 0.6 is 0 Å². The van der Waals surface area contributed by atoms with E-state index in [1.54, 1.807) is 0 Å². The maximum absolute atomic E-state index is 13.7. The van der Waals surface area contributed by atoms with Crippen molar-refractivity contribution in [3.05, 3.63) is 65.0 Å². The highest BCUT2D eigenvalue weighted by molar-refractivity contribution is 7.91. The molecular formula is C21H19F2N3O4S. The molecule has 31 heavy (non-hydrogen) atoms. The number of hydrogen-bond acceptors (Lipinski definition) is 5. The van der Waals surface area contributed by atoms with E-state index in [1.807, 2.05) is 0 Å². The molecule has 2 N–H and O–H groups in total. The fraction of sp³-hybridized carbons (Fsp3) is 0.238. The molecule has 1 heterocycles. The van der Waals surface area contributed by atoms with Crippen LogP contribution in [0, 0.1) is 11.6 Å². The number of anilines is 1. The quantitative estimate of drug-likeness (QED) is 0.584. The Hall–Kier alpha value is -3.27. The third-order valence-corrected chi connectivity index (χ3v) is 6.98. The molecule has 0 atom stereocenters. The topological polar surface area (TPSA) is 101 Å². The number of nitrogens with one attached hydrogen (secondary N) is 1. The van der Waals surface area contributed by atoms with Gasteiger partial charge in [-0.15, -0.1) is 0 Å². The number of phenolic OH excluding ortho intramolecular Hbond substituents is 1. The number of amides is 1. The van der Waals surface area contributed by atoms with Crippen molar-refractivity contribution < 1.29 is 27.1 Å². The first-order valence-corrected chi connectivity index (χ1v) is 11.3. The molecule has 0 saturated heterocycles. The van der Waals surface area contributed by atoms with Crippen LogP contribution in [0.25, 0.3) is 5.69 Å². The highest BCUT2D eigenvalue weighted by atomic mass is 32.2. The molecule has 7 nitrogen and oxygen atoms in total. The first-order valence-electron chi connectivity index (χ1n) is 9.64. The van der Waals surface area contributed by atoms with Gasteiger partial charge in [0.2, 0.25) is 0 Å². The Balaban J connectivity index is 1.71. The summed E-state index contributed by atoms with van der Waals surface area (Å²) in [6.07, 6.45) is 1.97. The van der Waals surface area contributed by atoms with E-state index in [1.165, 1.54) is 35.9 Å². The van der Waals surface area contributed by atoms with Gasteiger partial charge >= 0.3 is 0 Å². The zero-order valence-electron chi connectivity index (χ0n) is 16.5. The summed E-state index contributed by atoms with van der Waals surface area (Å²) in [5, 5.41) is 16.9. The first kappa shape index (κ1) is 21.0. The maximum atomic E-state index is 13.7. The second-order valence-electron chi connectivity index (χ2n) is 7.17. The van der Waals surface area contributed by atoms with Crippen LogP contribution in [-0.4, -0.2) is 35.0 Å². The molecule has 0 aliphatic heterocycles. The van der Waals surface area contributed by atoms with Crippen LogP contribution in [0.5, 0.6) is 5.75 Å². The van der Waals surface area contributed by atoms with Crippen LogP contribution in [0.1, 0.15) is 35.1 Å². The highest BCUT2D eigenvalue weighted by Crippen LogP contribution is 2.31. The predicted molar refractivity (Wildman–Crippen MR) is 109 cm³/mol. The Morgan fingerprint density at radius 3 is 2.65 bits per heavy atom. The molecule has 10 heteroatoms. The van der Waals surface area contributed by atoms with Crippen LogP contribution in [0.3, 0.4) is 0 Å². The highest BCUT2D eigenvalue weighted by Gasteiger charge is 2.28. The summed E-state index contributed by atoms with van der Waals surface area (Å²) in [4.78, 5) is 12.9. The molecular weight excluding hydrogens is 428 g/mol. The van der Waals surface area contributed by atoms with Gasteiger partial charge in [-0.1, -0.05) is 6.92 Å². The average molecular weight is 447 g/mol. The van der Waals surface area contributed by atoms with E-state index in [2.05, 4.69) is 10.4 Å². The lowest BCUT2D eigenvalue weighted by Gasteiger charge is -2.09. The molecule has 1 amide bonds. The zero-order chi connectivity index (χ0) is 22.3. The van der Waals surface area contributed by atoms with Gasteiger partial charge in [-0.05, 0) is 49.6 Å². The fourth-order valence-corrected chi connectivity index (χ4v) is 4.51. The van der Waals surface area contributed by atoms with Crippen LogP contribution in [0.4, 0.5) is 14.5 Å². The van der Waals surface area contributed by atoms with Gasteiger partial charge in [0.1, 0.15) is 5.75 Å². The number of carbonyl (C=O) groups is 1. The number of hydrogen-bond donors (Lipinski definition) is 2. The lowest BCUT2D eigenvalue weighted by atomic mass is 10.2. The molecule has 1 aliphatic carbocycles. The van der Waals surface area contributed by atoms with Gasteiger partial charge in [0, 0.05) is 17.3 Å². The smallest absolute Gasteiger partial charge is 0.276 e. The molecule has 4 rings (SSSR count). The molecule has 0 saturated carbocycles. The van der Waals surface area contributed by atoms with Crippen molar-refractivity contribution in [1.29, 1.82) is 0 Å². The Labute approximate surface area is 177 Å². The number of carbonyl (C=O) groups excluding carboxylic acids is 1. The second-order valence-corrected chi connectivity index (χ2v) is 9.45. The first-order chi connectivity index (χ1) is 14.7. The number of benzene rings is 2. The minimum Gasteiger partial charge on any atom is -0.506 e. The fourth-order valence-electron chi connectivity index (χ4n) is 3.61. The number of rotatable bonds is 5. The number of phenols is 1. The molecule has 0 radical (unpaired) electrons. The van der Waals surface area contributed by atoms with Crippen molar-refractivity contribution in [2.45, 2.75) is 31.1 Å². The van der Waals surface area contributed by atoms with Crippen molar-refractivity contribution in [2.24, 2.45) is 0 Å². The molecule has 162 valence electrons. The van der Waals surface area contributed by atoms with Crippen LogP contribution in [0.15, 0.2) is 41.3 Å². The largest absolute Gasteiger partial charge is 0.506 e. The minimum absolute atomic E-state index is 0.0272. The Bertz CT molecular complexity index is 1300. The third kappa shape index (κ3) is 3.78. The zero-order valence-corrected chi connectivity index (χ0v) is 17.3. The lowest BCUT2D eigenvalue weighted by Crippen LogP contribution is -2.15. The van der Waals surface area contributed by atoms with Crippen LogP contribution in [-0.2, 0) is 22.7 Å². The van der Waals surface area contributed by atoms with Crippen molar-refractivity contribution in [2.75, 3.05) is 11.1 Å². The van der Waals surface area contributed by atoms with Crippen molar-refractivity contribution in [1.82, 2.24) is 9.78 Å². The van der Waals surface area contributed by atoms with Gasteiger partial charge in [-0.3, -0.25) is 4.79 Å². The molecule has 0 unspecified atom stereocenters. The van der Waals surface area contributed by atoms with Crippen molar-refractivity contribution >= 4 is 21.4 Å². The molecule has 3 aromatic rings. The summed E-state index contributed by atoms with van der Waals surface area (Å²) in [6.45, 7) is 1.49. The molecule has 1 aromatic heterocycles. The maximum Gasteiger partial charge on any atom is 0.276 e. The van der Waals surface area contributed by atoms with Crippen LogP contribution in [0.2, 0.25) is 0 Å². The van der Waals surface area contributed by atoms with Gasteiger partial charge in [0.15, 0.2) is 27.2 Å². The van der Waals surface area contributed by atoms with E-state index < -0.39 is 27.4 Å². The number of aromatic hydroxyl groups is 1. The van der Waals surface area contributed by atoms with Gasteiger partial charge in [-0.25, -0.2) is 21.9 Å². The normalized spacial score (nSPS) is 13.3. The van der Waals surface area contributed by atoms with E-state index in [0.717, 1.165) is 24.2 Å². The molecule has 0 bridgehead atoms. The standard InChI is InChI=1S/C21H19F2N3O4S/c1-2-31(29,30)13-7-9-19(27)17(11-13)24-21(28)20-14-4-3-5-18(14)26(25-20)12-6-8-15(22)16(23)10-12/h6-11,27H,2-5H2,1H3,(H,24,28). The number of nitrogens with zero attached hydrogens (tertiary/aromatic N) is 2. The molecule has 0 fully saturated rings. The van der Waals surface area contributed by atoms with E-state index in [-0.39, 0.29) is 33.5 Å². The van der Waals surface area contributed by atoms with Crippen molar-refractivity contribution in [3.63, 3.8) is 0 Å². The number of fused-ring (bicyclic) bond motifs is 1. The Morgan fingerprint density at radius 1 is 1.16 bits per heavy atom. The summed E-state index contributed by atoms with van der Waals surface area (Å²) < 4.78 is 52.7. The molecule has 2 aromatic carbocycles. The Kier molecular flexibility index (Phi) is 5.26. The van der Waals surface area contributed by atoms with E-state index in [4.69, 9.17) is 0 Å². The SMILES string of the molecule is CCS(=O)(=O)c1ccc(O)c(NC(=O)c2nn(-c3ccc(F)c(F)c3)c3c2CCC3)c1. The van der Waals surface area contributed by atoms with Crippen molar-refractivity contribution in [3.8, 4) is 11.4 Å². The predicted octanol–water partition coefficient (Wildman–Crippen LogP) is 3.39. The molecule has 0 spiro atoms. The number of sulfone groups is 1. The summed E-state index contributed by atoms with van der Waals surface area (Å²) in [5.41, 5.74) is 1.71. The van der Waals surface area contributed by atoms with E-state index >= 15 is 0 Å². The van der Waals surface area contributed by atoms with Crippen LogP contribution < -0.4 is 5.32 Å². The summed E-state index contributed by atoms with van der Waals surface area (Å²) >= 11 is 0. The number of aromatic nitrogens is 2. The monoisotopic (exact) mass is 447 g/mol. The minimum atomic E-state index is -3.54. The number of halogens is 2. The summed E-state index contributed by atoms with van der Waals surface area (Å²) in [7, 11) is -3.54. The summed E-state index contributed by atoms with van der Waals surface area (Å²) in [6, 6.07) is 7.02. The van der Waals surface area contributed by atoms with E-state index in [9.17, 15) is 27.1 Å². The summed E-state index contributed by atoms with van der Waals surface area (Å²) in [5.74, 6) is -3.06. The lowest BCUT2D eigenvalue weighted by molar-refractivity contribution is 0.102. The Morgan fingerprint density at radius 2 is 1.94 bits per heavy atom. The average Bonchev–Trinajstić information content (AvgIpc) is 3.34. The van der Waals surface area contributed by atoms with Gasteiger partial charge in [-0.2, -0.15) is 5.10 Å². The van der Waals surface area contributed by atoms with Gasteiger partial charge < -0.3 is 10.4 Å². The van der Waals surface area contributed by atoms with E-state index in [0.29, 0.717) is 18.4 Å². The molecule has 1 aliphatic rings. The van der Waals surface area contributed by atoms with Gasteiger partial charge in [0.25, 0.3) is 5.91 Å².